The standard InChI is InChI=1S/C17H26N4O2S/c1-3-18-17(19-11-12-20-24(2,22)23)21-13-9-16(10-14-21)15-7-5-4-6-8-15/h4-9,20H,3,10-14H2,1-2H3,(H,18,19). The van der Waals surface area contributed by atoms with Gasteiger partial charge < -0.3 is 10.2 Å². The van der Waals surface area contributed by atoms with E-state index in [-0.39, 0.29) is 0 Å². The maximum Gasteiger partial charge on any atom is 0.208 e. The molecule has 24 heavy (non-hydrogen) atoms. The third-order valence-corrected chi connectivity index (χ3v) is 4.45. The van der Waals surface area contributed by atoms with Crippen molar-refractivity contribution < 1.29 is 8.42 Å². The van der Waals surface area contributed by atoms with Crippen molar-refractivity contribution in [1.82, 2.24) is 14.9 Å². The van der Waals surface area contributed by atoms with Crippen molar-refractivity contribution in [2.75, 3.05) is 39.0 Å². The lowest BCUT2D eigenvalue weighted by atomic mass is 10.00. The lowest BCUT2D eigenvalue weighted by Gasteiger charge is -2.30. The van der Waals surface area contributed by atoms with Gasteiger partial charge in [0, 0.05) is 26.2 Å². The average Bonchev–Trinajstić information content (AvgIpc) is 2.58. The zero-order chi connectivity index (χ0) is 17.4. The third kappa shape index (κ3) is 5.98. The third-order valence-electron chi connectivity index (χ3n) is 3.73. The van der Waals surface area contributed by atoms with Crippen molar-refractivity contribution >= 4 is 21.6 Å². The summed E-state index contributed by atoms with van der Waals surface area (Å²) in [4.78, 5) is 6.70. The van der Waals surface area contributed by atoms with Crippen molar-refractivity contribution in [2.45, 2.75) is 13.3 Å². The minimum atomic E-state index is -3.16. The van der Waals surface area contributed by atoms with E-state index in [1.54, 1.807) is 0 Å². The van der Waals surface area contributed by atoms with Crippen LogP contribution in [0.4, 0.5) is 0 Å². The molecule has 0 atom stereocenters. The summed E-state index contributed by atoms with van der Waals surface area (Å²) >= 11 is 0. The Hall–Kier alpha value is -1.86. The molecule has 2 N–H and O–H groups in total. The van der Waals surface area contributed by atoms with Gasteiger partial charge in [-0.05, 0) is 24.5 Å². The van der Waals surface area contributed by atoms with E-state index in [2.05, 4.69) is 50.3 Å². The minimum absolute atomic E-state index is 0.312. The van der Waals surface area contributed by atoms with Gasteiger partial charge in [0.15, 0.2) is 5.96 Å². The lowest BCUT2D eigenvalue weighted by molar-refractivity contribution is 0.440. The Morgan fingerprint density at radius 2 is 2.04 bits per heavy atom. The summed E-state index contributed by atoms with van der Waals surface area (Å²) in [5.74, 6) is 0.830. The maximum atomic E-state index is 11.1. The van der Waals surface area contributed by atoms with E-state index in [9.17, 15) is 8.42 Å². The molecule has 0 saturated carbocycles. The lowest BCUT2D eigenvalue weighted by Crippen LogP contribution is -2.43. The molecule has 1 aromatic carbocycles. The van der Waals surface area contributed by atoms with Gasteiger partial charge in [0.2, 0.25) is 10.0 Å². The molecule has 1 aromatic rings. The molecule has 2 rings (SSSR count). The SMILES string of the molecule is CCNC(=NCCNS(C)(=O)=O)N1CC=C(c2ccccc2)CC1. The topological polar surface area (TPSA) is 73.8 Å². The highest BCUT2D eigenvalue weighted by Gasteiger charge is 2.15. The number of rotatable bonds is 6. The molecule has 1 aliphatic rings. The number of hydrogen-bond donors (Lipinski definition) is 2. The van der Waals surface area contributed by atoms with Crippen LogP contribution in [-0.2, 0) is 10.0 Å². The Morgan fingerprint density at radius 1 is 1.29 bits per heavy atom. The number of nitrogens with one attached hydrogen (secondary N) is 2. The highest BCUT2D eigenvalue weighted by atomic mass is 32.2. The number of nitrogens with zero attached hydrogens (tertiary/aromatic N) is 2. The molecule has 7 heteroatoms. The molecule has 0 aliphatic carbocycles. The summed E-state index contributed by atoms with van der Waals surface area (Å²) in [5.41, 5.74) is 2.64. The molecule has 0 bridgehead atoms. The Kier molecular flexibility index (Phi) is 6.81. The molecule has 132 valence electrons. The van der Waals surface area contributed by atoms with Crippen LogP contribution in [0.5, 0.6) is 0 Å². The van der Waals surface area contributed by atoms with Gasteiger partial charge in [-0.15, -0.1) is 0 Å². The van der Waals surface area contributed by atoms with Crippen molar-refractivity contribution in [2.24, 2.45) is 4.99 Å². The van der Waals surface area contributed by atoms with Crippen LogP contribution in [0.15, 0.2) is 41.4 Å². The first kappa shape index (κ1) is 18.5. The van der Waals surface area contributed by atoms with E-state index < -0.39 is 10.0 Å². The van der Waals surface area contributed by atoms with Gasteiger partial charge in [-0.2, -0.15) is 0 Å². The van der Waals surface area contributed by atoms with Crippen molar-refractivity contribution in [3.63, 3.8) is 0 Å². The molecule has 1 heterocycles. The van der Waals surface area contributed by atoms with Crippen LogP contribution in [-0.4, -0.2) is 58.3 Å². The van der Waals surface area contributed by atoms with E-state index in [0.717, 1.165) is 38.3 Å². The monoisotopic (exact) mass is 350 g/mol. The van der Waals surface area contributed by atoms with Crippen LogP contribution in [0.3, 0.4) is 0 Å². The fourth-order valence-electron chi connectivity index (χ4n) is 2.59. The Labute approximate surface area is 144 Å². The zero-order valence-corrected chi connectivity index (χ0v) is 15.1. The van der Waals surface area contributed by atoms with Gasteiger partial charge in [0.05, 0.1) is 12.8 Å². The largest absolute Gasteiger partial charge is 0.357 e. The molecule has 0 aromatic heterocycles. The molecule has 6 nitrogen and oxygen atoms in total. The second-order valence-corrected chi connectivity index (χ2v) is 7.53. The van der Waals surface area contributed by atoms with Crippen molar-refractivity contribution in [3.8, 4) is 0 Å². The van der Waals surface area contributed by atoms with Crippen LogP contribution in [0, 0.1) is 0 Å². The van der Waals surface area contributed by atoms with Crippen LogP contribution >= 0.6 is 0 Å². The summed E-state index contributed by atoms with van der Waals surface area (Å²) < 4.78 is 24.6. The Morgan fingerprint density at radius 3 is 2.62 bits per heavy atom. The highest BCUT2D eigenvalue weighted by Crippen LogP contribution is 2.21. The second-order valence-electron chi connectivity index (χ2n) is 5.69. The highest BCUT2D eigenvalue weighted by molar-refractivity contribution is 7.88. The molecule has 0 unspecified atom stereocenters. The summed E-state index contributed by atoms with van der Waals surface area (Å²) in [7, 11) is -3.16. The summed E-state index contributed by atoms with van der Waals surface area (Å²) in [6.45, 7) is 5.24. The molecule has 0 amide bonds. The summed E-state index contributed by atoms with van der Waals surface area (Å²) in [6, 6.07) is 10.4. The summed E-state index contributed by atoms with van der Waals surface area (Å²) in [5, 5.41) is 3.27. The van der Waals surface area contributed by atoms with E-state index >= 15 is 0 Å². The van der Waals surface area contributed by atoms with Gasteiger partial charge in [-0.1, -0.05) is 36.4 Å². The average molecular weight is 350 g/mol. The minimum Gasteiger partial charge on any atom is -0.357 e. The first-order chi connectivity index (χ1) is 11.5. The molecule has 0 radical (unpaired) electrons. The smallest absolute Gasteiger partial charge is 0.208 e. The second kappa shape index (κ2) is 8.84. The van der Waals surface area contributed by atoms with Crippen molar-refractivity contribution in [1.29, 1.82) is 0 Å². The van der Waals surface area contributed by atoms with Gasteiger partial charge in [0.1, 0.15) is 0 Å². The van der Waals surface area contributed by atoms with Gasteiger partial charge in [-0.25, -0.2) is 13.1 Å². The fraction of sp³-hybridized carbons (Fsp3) is 0.471. The first-order valence-corrected chi connectivity index (χ1v) is 10.1. The zero-order valence-electron chi connectivity index (χ0n) is 14.3. The summed E-state index contributed by atoms with van der Waals surface area (Å²) in [6.07, 6.45) is 4.36. The van der Waals surface area contributed by atoms with E-state index in [0.29, 0.717) is 13.1 Å². The first-order valence-electron chi connectivity index (χ1n) is 8.22. The van der Waals surface area contributed by atoms with E-state index in [1.165, 1.54) is 11.1 Å². The number of benzene rings is 1. The molecule has 0 spiro atoms. The molecule has 0 saturated heterocycles. The predicted octanol–water partition coefficient (Wildman–Crippen LogP) is 1.29. The number of guanidine groups is 1. The maximum absolute atomic E-state index is 11.1. The number of hydrogen-bond acceptors (Lipinski definition) is 3. The Balaban J connectivity index is 1.96. The Bertz CT molecular complexity index is 684. The fourth-order valence-corrected chi connectivity index (χ4v) is 3.06. The van der Waals surface area contributed by atoms with Crippen LogP contribution in [0.1, 0.15) is 18.9 Å². The van der Waals surface area contributed by atoms with E-state index in [4.69, 9.17) is 0 Å². The van der Waals surface area contributed by atoms with Gasteiger partial charge in [0.25, 0.3) is 0 Å². The predicted molar refractivity (Wildman–Crippen MR) is 99.4 cm³/mol. The molecule has 1 aliphatic heterocycles. The van der Waals surface area contributed by atoms with Gasteiger partial charge >= 0.3 is 0 Å². The molecular weight excluding hydrogens is 324 g/mol. The quantitative estimate of drug-likeness (QED) is 0.461. The van der Waals surface area contributed by atoms with Crippen molar-refractivity contribution in [3.05, 3.63) is 42.0 Å². The molecular formula is C17H26N4O2S. The van der Waals surface area contributed by atoms with E-state index in [1.807, 2.05) is 13.0 Å². The number of aliphatic imine (C=N–C) groups is 1. The van der Waals surface area contributed by atoms with Gasteiger partial charge in [-0.3, -0.25) is 4.99 Å². The molecule has 0 fully saturated rings. The van der Waals surface area contributed by atoms with Crippen LogP contribution < -0.4 is 10.0 Å². The van der Waals surface area contributed by atoms with Crippen LogP contribution in [0.25, 0.3) is 5.57 Å². The normalized spacial score (nSPS) is 16.0. The number of sulfonamides is 1. The van der Waals surface area contributed by atoms with Crippen LogP contribution in [0.2, 0.25) is 0 Å².